The first-order valence-electron chi connectivity index (χ1n) is 11.2. The zero-order valence-corrected chi connectivity index (χ0v) is 19.4. The van der Waals surface area contributed by atoms with Crippen LogP contribution in [0.1, 0.15) is 24.2 Å². The zero-order valence-electron chi connectivity index (χ0n) is 19.4. The van der Waals surface area contributed by atoms with Gasteiger partial charge in [0.2, 0.25) is 11.8 Å². The van der Waals surface area contributed by atoms with E-state index in [-0.39, 0.29) is 24.6 Å². The minimum atomic E-state index is -0.289. The number of carbonyl (C=O) groups is 1. The van der Waals surface area contributed by atoms with Gasteiger partial charge in [-0.3, -0.25) is 14.2 Å². The summed E-state index contributed by atoms with van der Waals surface area (Å²) >= 11 is 0. The average molecular weight is 473 g/mol. The number of methoxy groups -OCH3 is 1. The van der Waals surface area contributed by atoms with Crippen LogP contribution < -0.4 is 15.6 Å². The van der Waals surface area contributed by atoms with Crippen molar-refractivity contribution in [3.05, 3.63) is 82.5 Å². The number of aromatic nitrogens is 5. The fourth-order valence-corrected chi connectivity index (χ4v) is 4.05. The standard InChI is InChI=1S/C25H24N6O4/c1-3-20-28-22(35-29-20)14-30-15-27-23-18-9-4-5-10-19(18)31(24(23)25(30)33)13-21(32)26-12-16-7-6-8-17(11-16)34-2/h4-11,15H,3,12-14H2,1-2H3,(H,26,32). The van der Waals surface area contributed by atoms with Crippen molar-refractivity contribution in [3.8, 4) is 5.75 Å². The van der Waals surface area contributed by atoms with Gasteiger partial charge in [0, 0.05) is 18.4 Å². The second kappa shape index (κ2) is 9.41. The normalized spacial score (nSPS) is 11.3. The van der Waals surface area contributed by atoms with E-state index in [1.807, 2.05) is 55.5 Å². The monoisotopic (exact) mass is 472 g/mol. The van der Waals surface area contributed by atoms with E-state index in [1.54, 1.807) is 11.7 Å². The summed E-state index contributed by atoms with van der Waals surface area (Å²) in [5.74, 6) is 1.39. The number of nitrogens with one attached hydrogen (secondary N) is 1. The Morgan fingerprint density at radius 2 is 2.03 bits per heavy atom. The summed E-state index contributed by atoms with van der Waals surface area (Å²) in [7, 11) is 1.60. The zero-order chi connectivity index (χ0) is 24.4. The molecule has 0 spiro atoms. The Morgan fingerprint density at radius 1 is 1.17 bits per heavy atom. The maximum atomic E-state index is 13.5. The predicted octanol–water partition coefficient (Wildman–Crippen LogP) is 2.67. The molecular formula is C25H24N6O4. The summed E-state index contributed by atoms with van der Waals surface area (Å²) in [6.07, 6.45) is 2.11. The van der Waals surface area contributed by atoms with Gasteiger partial charge < -0.3 is 19.1 Å². The number of hydrogen-bond acceptors (Lipinski definition) is 7. The lowest BCUT2D eigenvalue weighted by molar-refractivity contribution is -0.121. The summed E-state index contributed by atoms with van der Waals surface area (Å²) in [6, 6.07) is 15.0. The summed E-state index contributed by atoms with van der Waals surface area (Å²) in [5, 5.41) is 7.61. The van der Waals surface area contributed by atoms with Crippen molar-refractivity contribution in [2.45, 2.75) is 33.0 Å². The molecule has 0 bridgehead atoms. The lowest BCUT2D eigenvalue weighted by Crippen LogP contribution is -2.29. The van der Waals surface area contributed by atoms with Gasteiger partial charge in [-0.1, -0.05) is 42.4 Å². The van der Waals surface area contributed by atoms with Crippen LogP contribution in [0.2, 0.25) is 0 Å². The molecule has 10 heteroatoms. The number of hydrogen-bond donors (Lipinski definition) is 1. The highest BCUT2D eigenvalue weighted by Crippen LogP contribution is 2.25. The molecular weight excluding hydrogens is 448 g/mol. The van der Waals surface area contributed by atoms with Gasteiger partial charge in [-0.2, -0.15) is 4.98 Å². The highest BCUT2D eigenvalue weighted by molar-refractivity contribution is 6.06. The van der Waals surface area contributed by atoms with Crippen LogP contribution in [-0.4, -0.2) is 37.3 Å². The van der Waals surface area contributed by atoms with Crippen molar-refractivity contribution >= 4 is 27.8 Å². The van der Waals surface area contributed by atoms with E-state index in [1.165, 1.54) is 10.9 Å². The van der Waals surface area contributed by atoms with E-state index in [2.05, 4.69) is 20.4 Å². The van der Waals surface area contributed by atoms with Crippen LogP contribution in [0.3, 0.4) is 0 Å². The summed E-state index contributed by atoms with van der Waals surface area (Å²) in [5.41, 5.74) is 2.27. The second-order valence-electron chi connectivity index (χ2n) is 8.06. The van der Waals surface area contributed by atoms with Crippen LogP contribution in [0.5, 0.6) is 5.75 Å². The molecule has 3 aromatic heterocycles. The van der Waals surface area contributed by atoms with Crippen LogP contribution in [0.15, 0.2) is 64.2 Å². The van der Waals surface area contributed by atoms with Crippen LogP contribution in [-0.2, 0) is 30.8 Å². The lowest BCUT2D eigenvalue weighted by Gasteiger charge is -2.10. The number of nitrogens with zero attached hydrogens (tertiary/aromatic N) is 5. The van der Waals surface area contributed by atoms with Crippen LogP contribution >= 0.6 is 0 Å². The van der Waals surface area contributed by atoms with Crippen LogP contribution in [0.4, 0.5) is 0 Å². The predicted molar refractivity (Wildman–Crippen MR) is 129 cm³/mol. The molecule has 5 rings (SSSR count). The minimum absolute atomic E-state index is 0.0323. The van der Waals surface area contributed by atoms with Crippen molar-refractivity contribution in [1.82, 2.24) is 29.6 Å². The van der Waals surface area contributed by atoms with Crippen LogP contribution in [0.25, 0.3) is 21.9 Å². The van der Waals surface area contributed by atoms with Gasteiger partial charge in [-0.15, -0.1) is 0 Å². The average Bonchev–Trinajstić information content (AvgIpc) is 3.47. The van der Waals surface area contributed by atoms with Gasteiger partial charge in [0.1, 0.15) is 29.9 Å². The first-order valence-corrected chi connectivity index (χ1v) is 11.2. The molecule has 0 aliphatic rings. The number of rotatable bonds is 8. The molecule has 0 radical (unpaired) electrons. The molecule has 178 valence electrons. The van der Waals surface area contributed by atoms with E-state index in [0.717, 1.165) is 22.2 Å². The van der Waals surface area contributed by atoms with Crippen molar-refractivity contribution in [1.29, 1.82) is 0 Å². The summed E-state index contributed by atoms with van der Waals surface area (Å²) in [6.45, 7) is 2.33. The Labute approximate surface area is 200 Å². The van der Waals surface area contributed by atoms with Crippen molar-refractivity contribution < 1.29 is 14.1 Å². The fraction of sp³-hybridized carbons (Fsp3) is 0.240. The van der Waals surface area contributed by atoms with Crippen molar-refractivity contribution in [2.24, 2.45) is 0 Å². The Bertz CT molecular complexity index is 1580. The number of amides is 1. The van der Waals surface area contributed by atoms with Gasteiger partial charge in [-0.05, 0) is 23.8 Å². The Kier molecular flexibility index (Phi) is 6.01. The molecule has 0 saturated heterocycles. The van der Waals surface area contributed by atoms with E-state index in [4.69, 9.17) is 9.26 Å². The van der Waals surface area contributed by atoms with E-state index in [0.29, 0.717) is 35.7 Å². The van der Waals surface area contributed by atoms with E-state index < -0.39 is 0 Å². The maximum Gasteiger partial charge on any atom is 0.278 e. The topological polar surface area (TPSA) is 117 Å². The fourth-order valence-electron chi connectivity index (χ4n) is 4.05. The molecule has 5 aromatic rings. The molecule has 2 aromatic carbocycles. The third-order valence-corrected chi connectivity index (χ3v) is 5.79. The Balaban J connectivity index is 1.47. The molecule has 35 heavy (non-hydrogen) atoms. The van der Waals surface area contributed by atoms with E-state index in [9.17, 15) is 9.59 Å². The third-order valence-electron chi connectivity index (χ3n) is 5.79. The van der Waals surface area contributed by atoms with Crippen molar-refractivity contribution in [2.75, 3.05) is 7.11 Å². The van der Waals surface area contributed by atoms with Gasteiger partial charge in [0.15, 0.2) is 5.82 Å². The quantitative estimate of drug-likeness (QED) is 0.369. The molecule has 0 unspecified atom stereocenters. The number of para-hydroxylation sites is 1. The first-order chi connectivity index (χ1) is 17.1. The smallest absolute Gasteiger partial charge is 0.278 e. The summed E-state index contributed by atoms with van der Waals surface area (Å²) < 4.78 is 13.6. The Hall–Kier alpha value is -4.47. The van der Waals surface area contributed by atoms with Gasteiger partial charge in [0.25, 0.3) is 5.56 Å². The molecule has 0 atom stereocenters. The third kappa shape index (κ3) is 4.37. The highest BCUT2D eigenvalue weighted by Gasteiger charge is 2.19. The van der Waals surface area contributed by atoms with Crippen LogP contribution in [0, 0.1) is 0 Å². The molecule has 3 heterocycles. The highest BCUT2D eigenvalue weighted by atomic mass is 16.5. The lowest BCUT2D eigenvalue weighted by atomic mass is 10.2. The number of fused-ring (bicyclic) bond motifs is 3. The summed E-state index contributed by atoms with van der Waals surface area (Å²) in [4.78, 5) is 35.2. The second-order valence-corrected chi connectivity index (χ2v) is 8.06. The molecule has 0 aliphatic carbocycles. The number of carbonyl (C=O) groups excluding carboxylic acids is 1. The number of aryl methyl sites for hydroxylation is 1. The molecule has 1 N–H and O–H groups in total. The maximum absolute atomic E-state index is 13.5. The molecule has 0 saturated carbocycles. The Morgan fingerprint density at radius 3 is 2.83 bits per heavy atom. The number of benzene rings is 2. The van der Waals surface area contributed by atoms with E-state index >= 15 is 0 Å². The SMILES string of the molecule is CCc1noc(Cn2cnc3c4ccccc4n(CC(=O)NCc4cccc(OC)c4)c3c2=O)n1. The molecule has 0 aliphatic heterocycles. The first kappa shape index (κ1) is 22.3. The minimum Gasteiger partial charge on any atom is -0.497 e. The molecule has 10 nitrogen and oxygen atoms in total. The van der Waals surface area contributed by atoms with Gasteiger partial charge in [0.05, 0.1) is 19.0 Å². The van der Waals surface area contributed by atoms with Gasteiger partial charge >= 0.3 is 0 Å². The van der Waals surface area contributed by atoms with Crippen molar-refractivity contribution in [3.63, 3.8) is 0 Å². The number of ether oxygens (including phenoxy) is 1. The largest absolute Gasteiger partial charge is 0.497 e. The molecule has 1 amide bonds. The van der Waals surface area contributed by atoms with Gasteiger partial charge in [-0.25, -0.2) is 4.98 Å². The molecule has 0 fully saturated rings.